The third-order valence-electron chi connectivity index (χ3n) is 3.42. The molecule has 0 bridgehead atoms. The van der Waals surface area contributed by atoms with E-state index in [1.54, 1.807) is 18.2 Å². The molecule has 0 aliphatic carbocycles. The van der Waals surface area contributed by atoms with Gasteiger partial charge in [0.15, 0.2) is 0 Å². The van der Waals surface area contributed by atoms with Crippen LogP contribution in [0.1, 0.15) is 5.56 Å². The van der Waals surface area contributed by atoms with Crippen LogP contribution in [0.4, 0.5) is 5.69 Å². The van der Waals surface area contributed by atoms with Gasteiger partial charge in [-0.15, -0.1) is 0 Å². The number of rotatable bonds is 4. The molecular formula is C16H16N4O2. The van der Waals surface area contributed by atoms with Gasteiger partial charge in [-0.3, -0.25) is 4.79 Å². The number of benzene rings is 2. The number of fused-ring (bicyclic) bond motifs is 1. The zero-order valence-corrected chi connectivity index (χ0v) is 11.8. The quantitative estimate of drug-likeness (QED) is 0.584. The van der Waals surface area contributed by atoms with E-state index in [1.807, 2.05) is 30.3 Å². The largest absolute Gasteiger partial charge is 0.325 e. The molecule has 0 aliphatic rings. The smallest absolute Gasteiger partial charge is 0.323 e. The van der Waals surface area contributed by atoms with Gasteiger partial charge in [0.05, 0.1) is 17.1 Å². The van der Waals surface area contributed by atoms with Crippen LogP contribution < -0.4 is 16.7 Å². The number of carbonyl (C=O) groups is 1. The number of hydrogen-bond acceptors (Lipinski definition) is 3. The SMILES string of the molecule is NC(Cc1ccccc1)C(=O)Nc1ccc2[nH]c(=O)[nH]c2c1. The topological polar surface area (TPSA) is 104 Å². The van der Waals surface area contributed by atoms with Crippen molar-refractivity contribution >= 4 is 22.6 Å². The Morgan fingerprint density at radius 2 is 1.82 bits per heavy atom. The number of hydrogen-bond donors (Lipinski definition) is 4. The molecule has 112 valence electrons. The van der Waals surface area contributed by atoms with E-state index in [4.69, 9.17) is 5.73 Å². The van der Waals surface area contributed by atoms with E-state index >= 15 is 0 Å². The Bertz CT molecular complexity index is 851. The van der Waals surface area contributed by atoms with Gasteiger partial charge in [0.2, 0.25) is 5.91 Å². The van der Waals surface area contributed by atoms with Crippen molar-refractivity contribution in [2.45, 2.75) is 12.5 Å². The summed E-state index contributed by atoms with van der Waals surface area (Å²) in [6, 6.07) is 14.1. The van der Waals surface area contributed by atoms with E-state index in [2.05, 4.69) is 15.3 Å². The summed E-state index contributed by atoms with van der Waals surface area (Å²) in [4.78, 5) is 28.7. The molecule has 1 aromatic heterocycles. The molecule has 22 heavy (non-hydrogen) atoms. The average Bonchev–Trinajstić information content (AvgIpc) is 2.87. The van der Waals surface area contributed by atoms with Gasteiger partial charge < -0.3 is 21.0 Å². The highest BCUT2D eigenvalue weighted by atomic mass is 16.2. The van der Waals surface area contributed by atoms with Crippen molar-refractivity contribution in [1.82, 2.24) is 9.97 Å². The Balaban J connectivity index is 1.70. The highest BCUT2D eigenvalue weighted by molar-refractivity contribution is 5.96. The lowest BCUT2D eigenvalue weighted by atomic mass is 10.1. The summed E-state index contributed by atoms with van der Waals surface area (Å²) in [5.74, 6) is -0.263. The second-order valence-electron chi connectivity index (χ2n) is 5.12. The van der Waals surface area contributed by atoms with E-state index in [-0.39, 0.29) is 11.6 Å². The zero-order chi connectivity index (χ0) is 15.5. The van der Waals surface area contributed by atoms with E-state index in [0.717, 1.165) is 5.56 Å². The number of nitrogens with two attached hydrogens (primary N) is 1. The first-order valence-corrected chi connectivity index (χ1v) is 6.94. The van der Waals surface area contributed by atoms with Crippen LogP contribution >= 0.6 is 0 Å². The number of amides is 1. The van der Waals surface area contributed by atoms with Crippen LogP contribution in [-0.4, -0.2) is 21.9 Å². The number of imidazole rings is 1. The number of H-pyrrole nitrogens is 2. The van der Waals surface area contributed by atoms with Crippen LogP contribution in [0.5, 0.6) is 0 Å². The van der Waals surface area contributed by atoms with Crippen LogP contribution in [0.15, 0.2) is 53.3 Å². The van der Waals surface area contributed by atoms with Gasteiger partial charge in [-0.25, -0.2) is 4.79 Å². The minimum Gasteiger partial charge on any atom is -0.325 e. The van der Waals surface area contributed by atoms with E-state index < -0.39 is 6.04 Å². The summed E-state index contributed by atoms with van der Waals surface area (Å²) in [6.07, 6.45) is 0.468. The molecule has 1 unspecified atom stereocenters. The average molecular weight is 296 g/mol. The Labute approximate surface area is 126 Å². The first-order valence-electron chi connectivity index (χ1n) is 6.94. The third-order valence-corrected chi connectivity index (χ3v) is 3.42. The van der Waals surface area contributed by atoms with Gasteiger partial charge in [-0.05, 0) is 30.2 Å². The number of carbonyl (C=O) groups excluding carboxylic acids is 1. The summed E-state index contributed by atoms with van der Waals surface area (Å²) in [5, 5.41) is 2.76. The van der Waals surface area contributed by atoms with Crippen molar-refractivity contribution in [3.63, 3.8) is 0 Å². The standard InChI is InChI=1S/C16H16N4O2/c17-12(8-10-4-2-1-3-5-10)15(21)18-11-6-7-13-14(9-11)20-16(22)19-13/h1-7,9,12H,8,17H2,(H,18,21)(H2,19,20,22). The molecule has 3 rings (SSSR count). The molecule has 0 spiro atoms. The summed E-state index contributed by atoms with van der Waals surface area (Å²) >= 11 is 0. The predicted octanol–water partition coefficient (Wildman–Crippen LogP) is 1.36. The first kappa shape index (κ1) is 14.1. The van der Waals surface area contributed by atoms with Crippen LogP contribution in [0.25, 0.3) is 11.0 Å². The van der Waals surface area contributed by atoms with Crippen LogP contribution in [0, 0.1) is 0 Å². The second kappa shape index (κ2) is 5.87. The van der Waals surface area contributed by atoms with Crippen molar-refractivity contribution in [2.24, 2.45) is 5.73 Å². The molecular weight excluding hydrogens is 280 g/mol. The Morgan fingerprint density at radius 1 is 1.09 bits per heavy atom. The van der Waals surface area contributed by atoms with Crippen molar-refractivity contribution in [1.29, 1.82) is 0 Å². The molecule has 2 aromatic carbocycles. The van der Waals surface area contributed by atoms with Crippen molar-refractivity contribution < 1.29 is 4.79 Å². The minimum absolute atomic E-state index is 0.263. The first-order chi connectivity index (χ1) is 10.6. The summed E-state index contributed by atoms with van der Waals surface area (Å²) in [5.41, 5.74) is 8.59. The zero-order valence-electron chi connectivity index (χ0n) is 11.8. The van der Waals surface area contributed by atoms with Crippen molar-refractivity contribution in [3.8, 4) is 0 Å². The van der Waals surface area contributed by atoms with Crippen molar-refractivity contribution in [2.75, 3.05) is 5.32 Å². The molecule has 5 N–H and O–H groups in total. The lowest BCUT2D eigenvalue weighted by Crippen LogP contribution is -2.37. The fourth-order valence-electron chi connectivity index (χ4n) is 2.31. The molecule has 6 nitrogen and oxygen atoms in total. The van der Waals surface area contributed by atoms with E-state index in [0.29, 0.717) is 23.1 Å². The maximum atomic E-state index is 12.1. The molecule has 0 radical (unpaired) electrons. The molecule has 0 saturated heterocycles. The normalized spacial score (nSPS) is 12.2. The van der Waals surface area contributed by atoms with Crippen LogP contribution in [0.2, 0.25) is 0 Å². The Morgan fingerprint density at radius 3 is 2.59 bits per heavy atom. The molecule has 3 aromatic rings. The van der Waals surface area contributed by atoms with Crippen LogP contribution in [0.3, 0.4) is 0 Å². The van der Waals surface area contributed by atoms with Gasteiger partial charge in [-0.2, -0.15) is 0 Å². The Kier molecular flexibility index (Phi) is 3.76. The minimum atomic E-state index is -0.636. The summed E-state index contributed by atoms with van der Waals surface area (Å²) < 4.78 is 0. The fourth-order valence-corrected chi connectivity index (χ4v) is 2.31. The molecule has 0 saturated carbocycles. The molecule has 1 atom stereocenters. The molecule has 0 aliphatic heterocycles. The Hall–Kier alpha value is -2.86. The predicted molar refractivity (Wildman–Crippen MR) is 85.7 cm³/mol. The van der Waals surface area contributed by atoms with Gasteiger partial charge in [-0.1, -0.05) is 30.3 Å². The van der Waals surface area contributed by atoms with Gasteiger partial charge in [0.1, 0.15) is 0 Å². The second-order valence-corrected chi connectivity index (χ2v) is 5.12. The third kappa shape index (κ3) is 3.07. The van der Waals surface area contributed by atoms with Gasteiger partial charge in [0, 0.05) is 5.69 Å². The maximum absolute atomic E-state index is 12.1. The fraction of sp³-hybridized carbons (Fsp3) is 0.125. The van der Waals surface area contributed by atoms with Gasteiger partial charge >= 0.3 is 5.69 Å². The maximum Gasteiger partial charge on any atom is 0.323 e. The highest BCUT2D eigenvalue weighted by Gasteiger charge is 2.14. The highest BCUT2D eigenvalue weighted by Crippen LogP contribution is 2.15. The number of aromatic nitrogens is 2. The number of nitrogens with one attached hydrogen (secondary N) is 3. The number of anilines is 1. The van der Waals surface area contributed by atoms with Crippen molar-refractivity contribution in [3.05, 3.63) is 64.6 Å². The van der Waals surface area contributed by atoms with Gasteiger partial charge in [0.25, 0.3) is 0 Å². The molecule has 1 heterocycles. The lowest BCUT2D eigenvalue weighted by molar-refractivity contribution is -0.117. The van der Waals surface area contributed by atoms with E-state index in [9.17, 15) is 9.59 Å². The monoisotopic (exact) mass is 296 g/mol. The van der Waals surface area contributed by atoms with E-state index in [1.165, 1.54) is 0 Å². The number of aromatic amines is 2. The lowest BCUT2D eigenvalue weighted by Gasteiger charge is -2.12. The van der Waals surface area contributed by atoms with Crippen LogP contribution in [-0.2, 0) is 11.2 Å². The molecule has 1 amide bonds. The summed E-state index contributed by atoms with van der Waals surface area (Å²) in [7, 11) is 0. The summed E-state index contributed by atoms with van der Waals surface area (Å²) in [6.45, 7) is 0. The molecule has 0 fully saturated rings. The molecule has 6 heteroatoms.